The van der Waals surface area contributed by atoms with E-state index in [-0.39, 0.29) is 6.10 Å². The molecule has 1 aliphatic rings. The van der Waals surface area contributed by atoms with Crippen molar-refractivity contribution in [3.05, 3.63) is 21.9 Å². The van der Waals surface area contributed by atoms with Crippen LogP contribution in [0.3, 0.4) is 0 Å². The van der Waals surface area contributed by atoms with E-state index in [1.54, 1.807) is 0 Å². The lowest BCUT2D eigenvalue weighted by Gasteiger charge is -2.12. The Kier molecular flexibility index (Phi) is 2.82. The molecule has 2 rings (SSSR count). The Morgan fingerprint density at radius 2 is 2.50 bits per heavy atom. The van der Waals surface area contributed by atoms with Crippen LogP contribution < -0.4 is 0 Å². The average molecular weight is 208 g/mol. The third-order valence-corrected chi connectivity index (χ3v) is 3.37. The van der Waals surface area contributed by atoms with Crippen LogP contribution >= 0.6 is 11.3 Å². The molecular formula is C10H12N2OS. The van der Waals surface area contributed by atoms with E-state index >= 15 is 0 Å². The normalized spacial score (nSPS) is 22.4. The van der Waals surface area contributed by atoms with Gasteiger partial charge in [0.25, 0.3) is 0 Å². The van der Waals surface area contributed by atoms with Crippen LogP contribution in [0, 0.1) is 11.3 Å². The fraction of sp³-hybridized carbons (Fsp3) is 0.500. The minimum Gasteiger partial charge on any atom is -0.392 e. The summed E-state index contributed by atoms with van der Waals surface area (Å²) in [5.74, 6) is 0. The van der Waals surface area contributed by atoms with Crippen molar-refractivity contribution in [3.8, 4) is 6.07 Å². The van der Waals surface area contributed by atoms with Crippen LogP contribution in [-0.4, -0.2) is 29.2 Å². The van der Waals surface area contributed by atoms with E-state index in [1.807, 2.05) is 12.1 Å². The molecule has 0 aliphatic carbocycles. The molecule has 2 heterocycles. The zero-order valence-electron chi connectivity index (χ0n) is 7.81. The minimum absolute atomic E-state index is 0.162. The van der Waals surface area contributed by atoms with E-state index < -0.39 is 0 Å². The van der Waals surface area contributed by atoms with Gasteiger partial charge in [0.2, 0.25) is 0 Å². The van der Waals surface area contributed by atoms with Crippen LogP contribution in [0.15, 0.2) is 12.1 Å². The number of nitrogens with zero attached hydrogens (tertiary/aromatic N) is 2. The quantitative estimate of drug-likeness (QED) is 0.794. The van der Waals surface area contributed by atoms with Crippen molar-refractivity contribution in [1.82, 2.24) is 4.90 Å². The van der Waals surface area contributed by atoms with Crippen molar-refractivity contribution in [2.75, 3.05) is 13.1 Å². The van der Waals surface area contributed by atoms with Crippen LogP contribution in [0.25, 0.3) is 0 Å². The first kappa shape index (κ1) is 9.66. The van der Waals surface area contributed by atoms with Gasteiger partial charge in [-0.15, -0.1) is 11.3 Å². The van der Waals surface area contributed by atoms with Crippen LogP contribution in [0.4, 0.5) is 0 Å². The summed E-state index contributed by atoms with van der Waals surface area (Å²) in [7, 11) is 0. The minimum atomic E-state index is -0.162. The predicted molar refractivity (Wildman–Crippen MR) is 54.9 cm³/mol. The second-order valence-electron chi connectivity index (χ2n) is 3.56. The molecule has 4 heteroatoms. The Balaban J connectivity index is 1.95. The van der Waals surface area contributed by atoms with Crippen LogP contribution in [-0.2, 0) is 6.54 Å². The smallest absolute Gasteiger partial charge is 0.110 e. The summed E-state index contributed by atoms with van der Waals surface area (Å²) in [6.45, 7) is 2.59. The Hall–Kier alpha value is -0.890. The van der Waals surface area contributed by atoms with Crippen LogP contribution in [0.2, 0.25) is 0 Å². The van der Waals surface area contributed by atoms with Crippen molar-refractivity contribution in [3.63, 3.8) is 0 Å². The molecule has 74 valence electrons. The van der Waals surface area contributed by atoms with Gasteiger partial charge < -0.3 is 5.11 Å². The van der Waals surface area contributed by atoms with Crippen molar-refractivity contribution in [1.29, 1.82) is 5.26 Å². The fourth-order valence-corrected chi connectivity index (χ4v) is 2.55. The average Bonchev–Trinajstić information content (AvgIpc) is 2.76. The van der Waals surface area contributed by atoms with Crippen molar-refractivity contribution in [2.45, 2.75) is 19.1 Å². The molecule has 14 heavy (non-hydrogen) atoms. The van der Waals surface area contributed by atoms with Gasteiger partial charge >= 0.3 is 0 Å². The number of rotatable bonds is 2. The van der Waals surface area contributed by atoms with E-state index in [4.69, 9.17) is 5.26 Å². The maximum atomic E-state index is 9.34. The number of hydrogen-bond acceptors (Lipinski definition) is 4. The van der Waals surface area contributed by atoms with Gasteiger partial charge in [-0.2, -0.15) is 5.26 Å². The first-order valence-corrected chi connectivity index (χ1v) is 5.49. The first-order chi connectivity index (χ1) is 6.78. The zero-order chi connectivity index (χ0) is 9.97. The van der Waals surface area contributed by atoms with Crippen molar-refractivity contribution < 1.29 is 5.11 Å². The summed E-state index contributed by atoms with van der Waals surface area (Å²) < 4.78 is 0. The highest BCUT2D eigenvalue weighted by Crippen LogP contribution is 2.19. The van der Waals surface area contributed by atoms with Crippen LogP contribution in [0.1, 0.15) is 16.2 Å². The molecule has 1 saturated heterocycles. The van der Waals surface area contributed by atoms with Gasteiger partial charge in [-0.25, -0.2) is 0 Å². The van der Waals surface area contributed by atoms with Crippen LogP contribution in [0.5, 0.6) is 0 Å². The second kappa shape index (κ2) is 4.09. The van der Waals surface area contributed by atoms with Crippen molar-refractivity contribution in [2.24, 2.45) is 0 Å². The first-order valence-electron chi connectivity index (χ1n) is 4.67. The summed E-state index contributed by atoms with van der Waals surface area (Å²) in [4.78, 5) is 4.19. The van der Waals surface area contributed by atoms with Crippen molar-refractivity contribution >= 4 is 11.3 Å². The fourth-order valence-electron chi connectivity index (χ4n) is 1.70. The molecule has 1 N–H and O–H groups in total. The maximum Gasteiger partial charge on any atom is 0.110 e. The number of aliphatic hydroxyl groups excluding tert-OH is 1. The summed E-state index contributed by atoms with van der Waals surface area (Å²) in [5, 5.41) is 18.0. The number of aliphatic hydroxyl groups is 1. The summed E-state index contributed by atoms with van der Waals surface area (Å²) in [5.41, 5.74) is 0. The molecular weight excluding hydrogens is 196 g/mol. The molecule has 1 aromatic rings. The summed E-state index contributed by atoms with van der Waals surface area (Å²) >= 11 is 1.54. The SMILES string of the molecule is N#Cc1ccc(CN2CCC(O)C2)s1. The number of likely N-dealkylation sites (tertiary alicyclic amines) is 1. The number of nitriles is 1. The van der Waals surface area contributed by atoms with Gasteiger partial charge in [-0.05, 0) is 18.6 Å². The molecule has 0 radical (unpaired) electrons. The van der Waals surface area contributed by atoms with Gasteiger partial charge in [-0.3, -0.25) is 4.90 Å². The Bertz CT molecular complexity index is 355. The van der Waals surface area contributed by atoms with E-state index in [2.05, 4.69) is 11.0 Å². The number of thiophene rings is 1. The Morgan fingerprint density at radius 1 is 1.64 bits per heavy atom. The van der Waals surface area contributed by atoms with E-state index in [0.29, 0.717) is 0 Å². The molecule has 0 amide bonds. The van der Waals surface area contributed by atoms with E-state index in [9.17, 15) is 5.11 Å². The highest BCUT2D eigenvalue weighted by Gasteiger charge is 2.20. The molecule has 1 atom stereocenters. The van der Waals surface area contributed by atoms with Gasteiger partial charge in [0.15, 0.2) is 0 Å². The molecule has 1 aliphatic heterocycles. The third kappa shape index (κ3) is 2.13. The highest BCUT2D eigenvalue weighted by molar-refractivity contribution is 7.12. The lowest BCUT2D eigenvalue weighted by Crippen LogP contribution is -2.20. The molecule has 1 unspecified atom stereocenters. The maximum absolute atomic E-state index is 9.34. The molecule has 0 saturated carbocycles. The second-order valence-corrected chi connectivity index (χ2v) is 4.72. The van der Waals surface area contributed by atoms with Gasteiger partial charge in [0, 0.05) is 24.5 Å². The van der Waals surface area contributed by atoms with Gasteiger partial charge in [0.1, 0.15) is 10.9 Å². The molecule has 0 spiro atoms. The van der Waals surface area contributed by atoms with E-state index in [1.165, 1.54) is 16.2 Å². The topological polar surface area (TPSA) is 47.3 Å². The molecule has 1 fully saturated rings. The highest BCUT2D eigenvalue weighted by atomic mass is 32.1. The molecule has 3 nitrogen and oxygen atoms in total. The standard InChI is InChI=1S/C10H12N2OS/c11-5-9-1-2-10(14-9)7-12-4-3-8(13)6-12/h1-2,8,13H,3-4,6-7H2. The predicted octanol–water partition coefficient (Wildman–Crippen LogP) is 1.19. The van der Waals surface area contributed by atoms with Gasteiger partial charge in [-0.1, -0.05) is 0 Å². The van der Waals surface area contributed by atoms with E-state index in [0.717, 1.165) is 30.9 Å². The summed E-state index contributed by atoms with van der Waals surface area (Å²) in [6.07, 6.45) is 0.710. The summed E-state index contributed by atoms with van der Waals surface area (Å²) in [6, 6.07) is 5.98. The molecule has 1 aromatic heterocycles. The number of β-amino-alcohol motifs (C(OH)–C–C–N with tert-alkyl or cyclic N) is 1. The number of hydrogen-bond donors (Lipinski definition) is 1. The Labute approximate surface area is 87.2 Å². The largest absolute Gasteiger partial charge is 0.392 e. The lowest BCUT2D eigenvalue weighted by atomic mass is 10.3. The zero-order valence-corrected chi connectivity index (χ0v) is 8.63. The third-order valence-electron chi connectivity index (χ3n) is 2.40. The lowest BCUT2D eigenvalue weighted by molar-refractivity contribution is 0.175. The molecule has 0 bridgehead atoms. The monoisotopic (exact) mass is 208 g/mol. The molecule has 0 aromatic carbocycles. The van der Waals surface area contributed by atoms with Gasteiger partial charge in [0.05, 0.1) is 6.10 Å². The Morgan fingerprint density at radius 3 is 3.07 bits per heavy atom.